The van der Waals surface area contributed by atoms with Gasteiger partial charge in [0.2, 0.25) is 5.91 Å². The molecule has 2 heterocycles. The Morgan fingerprint density at radius 2 is 2.19 bits per heavy atom. The van der Waals surface area contributed by atoms with E-state index in [2.05, 4.69) is 17.2 Å². The van der Waals surface area contributed by atoms with Gasteiger partial charge in [-0.05, 0) is 44.7 Å². The Morgan fingerprint density at radius 3 is 2.85 bits per heavy atom. The van der Waals surface area contributed by atoms with Crippen LogP contribution in [-0.4, -0.2) is 42.5 Å². The van der Waals surface area contributed by atoms with Gasteiger partial charge in [0.05, 0.1) is 24.2 Å². The van der Waals surface area contributed by atoms with Gasteiger partial charge in [-0.15, -0.1) is 22.7 Å². The number of aryl methyl sites for hydroxylation is 1. The number of thiazole rings is 1. The minimum Gasteiger partial charge on any atom is -0.465 e. The van der Waals surface area contributed by atoms with Crippen molar-refractivity contribution in [1.29, 1.82) is 0 Å². The topological polar surface area (TPSA) is 71.5 Å². The first-order valence-electron chi connectivity index (χ1n) is 9.00. The number of rotatable bonds is 6. The van der Waals surface area contributed by atoms with Crippen molar-refractivity contribution in [2.24, 2.45) is 5.92 Å². The third-order valence-electron chi connectivity index (χ3n) is 4.66. The zero-order valence-electron chi connectivity index (χ0n) is 16.1. The Hall–Kier alpha value is -1.77. The van der Waals surface area contributed by atoms with E-state index in [1.165, 1.54) is 23.3 Å². The van der Waals surface area contributed by atoms with Crippen LogP contribution in [0.4, 0.5) is 5.00 Å². The maximum atomic E-state index is 12.5. The molecule has 0 spiro atoms. The molecule has 1 N–H and O–H groups in total. The summed E-state index contributed by atoms with van der Waals surface area (Å²) < 4.78 is 4.97. The molecule has 0 aromatic carbocycles. The number of anilines is 1. The van der Waals surface area contributed by atoms with Gasteiger partial charge in [-0.3, -0.25) is 9.69 Å². The van der Waals surface area contributed by atoms with E-state index in [0.717, 1.165) is 34.7 Å². The Labute approximate surface area is 167 Å². The zero-order valence-corrected chi connectivity index (χ0v) is 17.8. The van der Waals surface area contributed by atoms with Crippen LogP contribution in [0.1, 0.15) is 44.0 Å². The van der Waals surface area contributed by atoms with E-state index in [-0.39, 0.29) is 18.4 Å². The highest BCUT2D eigenvalue weighted by Crippen LogP contribution is 2.40. The molecule has 27 heavy (non-hydrogen) atoms. The number of aromatic nitrogens is 1. The van der Waals surface area contributed by atoms with Crippen LogP contribution >= 0.6 is 22.7 Å². The van der Waals surface area contributed by atoms with Crippen molar-refractivity contribution in [2.75, 3.05) is 26.0 Å². The van der Waals surface area contributed by atoms with Gasteiger partial charge in [0.25, 0.3) is 0 Å². The highest BCUT2D eigenvalue weighted by molar-refractivity contribution is 7.17. The lowest BCUT2D eigenvalue weighted by Gasteiger charge is -2.18. The van der Waals surface area contributed by atoms with E-state index in [4.69, 9.17) is 4.74 Å². The molecule has 6 nitrogen and oxygen atoms in total. The standard InChI is InChI=1S/C19H25N3O3S2/c1-11-5-6-14-15(7-11)27-18(17(14)19(24)25-4)21-16(23)10-22(3)9-13-8-20-12(2)26-13/h8,11H,5-7,9-10H2,1-4H3,(H,21,23). The molecule has 1 aliphatic carbocycles. The number of hydrogen-bond donors (Lipinski definition) is 1. The molecule has 1 unspecified atom stereocenters. The Bertz CT molecular complexity index is 843. The average Bonchev–Trinajstić information content (AvgIpc) is 3.16. The lowest BCUT2D eigenvalue weighted by atomic mass is 9.88. The highest BCUT2D eigenvalue weighted by Gasteiger charge is 2.29. The summed E-state index contributed by atoms with van der Waals surface area (Å²) in [6.07, 6.45) is 4.71. The van der Waals surface area contributed by atoms with Crippen molar-refractivity contribution in [1.82, 2.24) is 9.88 Å². The normalized spacial score (nSPS) is 16.3. The zero-order chi connectivity index (χ0) is 19.6. The largest absolute Gasteiger partial charge is 0.465 e. The first-order valence-corrected chi connectivity index (χ1v) is 10.6. The number of methoxy groups -OCH3 is 1. The van der Waals surface area contributed by atoms with Gasteiger partial charge in [0.1, 0.15) is 5.00 Å². The SMILES string of the molecule is COC(=O)c1c(NC(=O)CN(C)Cc2cnc(C)s2)sc2c1CCC(C)C2. The number of esters is 1. The molecule has 0 fully saturated rings. The number of amides is 1. The molecule has 0 radical (unpaired) electrons. The average molecular weight is 408 g/mol. The maximum absolute atomic E-state index is 12.5. The summed E-state index contributed by atoms with van der Waals surface area (Å²) in [4.78, 5) is 33.4. The first kappa shape index (κ1) is 20.0. The third-order valence-corrected chi connectivity index (χ3v) is 6.73. The van der Waals surface area contributed by atoms with E-state index in [1.807, 2.05) is 25.1 Å². The van der Waals surface area contributed by atoms with E-state index < -0.39 is 0 Å². The second-order valence-electron chi connectivity index (χ2n) is 7.11. The van der Waals surface area contributed by atoms with Gasteiger partial charge in [-0.25, -0.2) is 9.78 Å². The summed E-state index contributed by atoms with van der Waals surface area (Å²) in [5.74, 6) is 0.0978. The van der Waals surface area contributed by atoms with E-state index in [0.29, 0.717) is 23.0 Å². The number of likely N-dealkylation sites (N-methyl/N-ethyl adjacent to an activating group) is 1. The molecule has 3 rings (SSSR count). The fraction of sp³-hybridized carbons (Fsp3) is 0.526. The quantitative estimate of drug-likeness (QED) is 0.742. The van der Waals surface area contributed by atoms with E-state index in [1.54, 1.807) is 11.3 Å². The van der Waals surface area contributed by atoms with Crippen LogP contribution in [0.3, 0.4) is 0 Å². The number of ether oxygens (including phenoxy) is 1. The van der Waals surface area contributed by atoms with Crippen molar-refractivity contribution in [3.05, 3.63) is 32.1 Å². The highest BCUT2D eigenvalue weighted by atomic mass is 32.1. The molecular formula is C19H25N3O3S2. The van der Waals surface area contributed by atoms with Gasteiger partial charge in [0, 0.05) is 22.5 Å². The molecule has 1 aliphatic rings. The maximum Gasteiger partial charge on any atom is 0.341 e. The monoisotopic (exact) mass is 407 g/mol. The first-order chi connectivity index (χ1) is 12.9. The van der Waals surface area contributed by atoms with Crippen LogP contribution in [0.5, 0.6) is 0 Å². The van der Waals surface area contributed by atoms with Gasteiger partial charge >= 0.3 is 5.97 Å². The van der Waals surface area contributed by atoms with Gasteiger partial charge in [-0.2, -0.15) is 0 Å². The minimum atomic E-state index is -0.370. The summed E-state index contributed by atoms with van der Waals surface area (Å²) in [5, 5.41) is 4.58. The molecule has 146 valence electrons. The predicted octanol–water partition coefficient (Wildman–Crippen LogP) is 3.49. The van der Waals surface area contributed by atoms with Crippen LogP contribution in [0, 0.1) is 12.8 Å². The number of nitrogens with zero attached hydrogens (tertiary/aromatic N) is 2. The van der Waals surface area contributed by atoms with Crippen molar-refractivity contribution < 1.29 is 14.3 Å². The minimum absolute atomic E-state index is 0.129. The summed E-state index contributed by atoms with van der Waals surface area (Å²) in [7, 11) is 3.28. The van der Waals surface area contributed by atoms with Crippen molar-refractivity contribution in [3.8, 4) is 0 Å². The smallest absolute Gasteiger partial charge is 0.341 e. The molecule has 2 aromatic rings. The second-order valence-corrected chi connectivity index (χ2v) is 9.54. The Balaban J connectivity index is 1.70. The third kappa shape index (κ3) is 4.75. The summed E-state index contributed by atoms with van der Waals surface area (Å²) in [6.45, 7) is 5.10. The van der Waals surface area contributed by atoms with E-state index >= 15 is 0 Å². The number of fused-ring (bicyclic) bond motifs is 1. The number of thiophene rings is 1. The summed E-state index contributed by atoms with van der Waals surface area (Å²) in [5.41, 5.74) is 1.59. The summed E-state index contributed by atoms with van der Waals surface area (Å²) in [6, 6.07) is 0. The van der Waals surface area contributed by atoms with Crippen LogP contribution in [0.15, 0.2) is 6.20 Å². The Morgan fingerprint density at radius 1 is 1.41 bits per heavy atom. The molecule has 2 aromatic heterocycles. The van der Waals surface area contributed by atoms with Gasteiger partial charge in [0.15, 0.2) is 0 Å². The lowest BCUT2D eigenvalue weighted by molar-refractivity contribution is -0.117. The molecule has 0 saturated carbocycles. The predicted molar refractivity (Wildman–Crippen MR) is 109 cm³/mol. The van der Waals surface area contributed by atoms with Crippen LogP contribution < -0.4 is 5.32 Å². The second kappa shape index (κ2) is 8.50. The van der Waals surface area contributed by atoms with Crippen LogP contribution in [0.2, 0.25) is 0 Å². The molecule has 1 amide bonds. The fourth-order valence-electron chi connectivity index (χ4n) is 3.37. The summed E-state index contributed by atoms with van der Waals surface area (Å²) >= 11 is 3.14. The molecule has 0 aliphatic heterocycles. The van der Waals surface area contributed by atoms with Gasteiger partial charge in [-0.1, -0.05) is 6.92 Å². The van der Waals surface area contributed by atoms with E-state index in [9.17, 15) is 9.59 Å². The number of nitrogens with one attached hydrogen (secondary N) is 1. The van der Waals surface area contributed by atoms with Crippen molar-refractivity contribution >= 4 is 39.6 Å². The van der Waals surface area contributed by atoms with Gasteiger partial charge < -0.3 is 10.1 Å². The molecule has 0 bridgehead atoms. The number of carbonyl (C=O) groups is 2. The van der Waals surface area contributed by atoms with Crippen LogP contribution in [0.25, 0.3) is 0 Å². The molecular weight excluding hydrogens is 382 g/mol. The number of carbonyl (C=O) groups excluding carboxylic acids is 2. The number of hydrogen-bond acceptors (Lipinski definition) is 7. The van der Waals surface area contributed by atoms with Crippen LogP contribution in [-0.2, 0) is 28.9 Å². The fourth-order valence-corrected chi connectivity index (χ4v) is 5.66. The molecule has 1 atom stereocenters. The Kier molecular flexibility index (Phi) is 6.29. The molecule has 8 heteroatoms. The van der Waals surface area contributed by atoms with Crippen molar-refractivity contribution in [2.45, 2.75) is 39.7 Å². The lowest BCUT2D eigenvalue weighted by Crippen LogP contribution is -2.29. The van der Waals surface area contributed by atoms with Crippen molar-refractivity contribution in [3.63, 3.8) is 0 Å². The molecule has 0 saturated heterocycles.